The first-order chi connectivity index (χ1) is 10.1. The van der Waals surface area contributed by atoms with Crippen molar-refractivity contribution in [2.75, 3.05) is 20.3 Å². The maximum Gasteiger partial charge on any atom is 0.260 e. The first kappa shape index (κ1) is 16.1. The summed E-state index contributed by atoms with van der Waals surface area (Å²) in [4.78, 5) is 13.8. The van der Waals surface area contributed by atoms with Gasteiger partial charge in [-0.1, -0.05) is 0 Å². The maximum absolute atomic E-state index is 12.0. The first-order valence-electron chi connectivity index (χ1n) is 7.10. The van der Waals surface area contributed by atoms with Crippen LogP contribution < -0.4 is 15.2 Å². The molecule has 0 bridgehead atoms. The van der Waals surface area contributed by atoms with Gasteiger partial charge in [-0.2, -0.15) is 0 Å². The number of halogens is 1. The highest BCUT2D eigenvalue weighted by Crippen LogP contribution is 2.37. The van der Waals surface area contributed by atoms with E-state index in [1.807, 2.05) is 26.1 Å². The summed E-state index contributed by atoms with van der Waals surface area (Å²) in [5.41, 5.74) is 6.60. The van der Waals surface area contributed by atoms with Gasteiger partial charge in [-0.25, -0.2) is 0 Å². The number of nitrogens with zero attached hydrogens (tertiary/aromatic N) is 1. The maximum atomic E-state index is 12.0. The van der Waals surface area contributed by atoms with Gasteiger partial charge in [-0.15, -0.1) is 0 Å². The second kappa shape index (κ2) is 7.13. The van der Waals surface area contributed by atoms with Crippen LogP contribution in [-0.2, 0) is 11.3 Å². The third-order valence-corrected chi connectivity index (χ3v) is 4.02. The van der Waals surface area contributed by atoms with Crippen molar-refractivity contribution in [1.29, 1.82) is 0 Å². The molecule has 2 rings (SSSR count). The molecule has 21 heavy (non-hydrogen) atoms. The first-order valence-corrected chi connectivity index (χ1v) is 7.89. The fourth-order valence-electron chi connectivity index (χ4n) is 2.04. The predicted octanol–water partition coefficient (Wildman–Crippen LogP) is 2.31. The Bertz CT molecular complexity index is 518. The fourth-order valence-corrected chi connectivity index (χ4v) is 2.65. The van der Waals surface area contributed by atoms with E-state index in [2.05, 4.69) is 15.9 Å². The monoisotopic (exact) mass is 356 g/mol. The molecular formula is C15H21BrN2O3. The van der Waals surface area contributed by atoms with Crippen LogP contribution in [0.1, 0.15) is 25.3 Å². The summed E-state index contributed by atoms with van der Waals surface area (Å²) in [5, 5.41) is 0. The van der Waals surface area contributed by atoms with E-state index in [1.165, 1.54) is 0 Å². The number of benzene rings is 1. The van der Waals surface area contributed by atoms with E-state index in [-0.39, 0.29) is 12.5 Å². The molecule has 1 aromatic rings. The quantitative estimate of drug-likeness (QED) is 0.813. The number of rotatable bonds is 7. The smallest absolute Gasteiger partial charge is 0.260 e. The summed E-state index contributed by atoms with van der Waals surface area (Å²) < 4.78 is 12.0. The lowest BCUT2D eigenvalue weighted by Gasteiger charge is -2.18. The highest BCUT2D eigenvalue weighted by atomic mass is 79.9. The van der Waals surface area contributed by atoms with E-state index in [9.17, 15) is 4.79 Å². The molecule has 6 heteroatoms. The molecule has 116 valence electrons. The van der Waals surface area contributed by atoms with Gasteiger partial charge in [-0.3, -0.25) is 4.79 Å². The molecular weight excluding hydrogens is 336 g/mol. The van der Waals surface area contributed by atoms with Crippen LogP contribution in [0, 0.1) is 0 Å². The summed E-state index contributed by atoms with van der Waals surface area (Å²) in [5.74, 6) is 1.13. The lowest BCUT2D eigenvalue weighted by molar-refractivity contribution is -0.132. The minimum Gasteiger partial charge on any atom is -0.490 e. The number of hydrogen-bond donors (Lipinski definition) is 1. The number of ether oxygens (including phenoxy) is 2. The lowest BCUT2D eigenvalue weighted by Crippen LogP contribution is -2.33. The predicted molar refractivity (Wildman–Crippen MR) is 84.5 cm³/mol. The number of carbonyl (C=O) groups excluding carboxylic acids is 1. The molecule has 0 unspecified atom stereocenters. The zero-order valence-electron chi connectivity index (χ0n) is 12.4. The Morgan fingerprint density at radius 3 is 2.71 bits per heavy atom. The molecule has 2 N–H and O–H groups in total. The van der Waals surface area contributed by atoms with Gasteiger partial charge >= 0.3 is 0 Å². The summed E-state index contributed by atoms with van der Waals surface area (Å²) in [6.07, 6.45) is 2.17. The van der Waals surface area contributed by atoms with Crippen molar-refractivity contribution in [2.45, 2.75) is 32.4 Å². The van der Waals surface area contributed by atoms with E-state index in [0.29, 0.717) is 30.7 Å². The molecule has 0 aromatic heterocycles. The highest BCUT2D eigenvalue weighted by molar-refractivity contribution is 9.10. The van der Waals surface area contributed by atoms with Crippen molar-refractivity contribution in [3.8, 4) is 11.5 Å². The number of amides is 1. The van der Waals surface area contributed by atoms with Crippen molar-refractivity contribution in [1.82, 2.24) is 4.90 Å². The van der Waals surface area contributed by atoms with Crippen molar-refractivity contribution in [2.24, 2.45) is 5.73 Å². The van der Waals surface area contributed by atoms with Crippen LogP contribution in [0.15, 0.2) is 16.6 Å². The van der Waals surface area contributed by atoms with Crippen molar-refractivity contribution in [3.05, 3.63) is 22.2 Å². The number of hydrogen-bond acceptors (Lipinski definition) is 4. The van der Waals surface area contributed by atoms with Crippen LogP contribution in [0.4, 0.5) is 0 Å². The molecule has 0 saturated heterocycles. The third-order valence-electron chi connectivity index (χ3n) is 3.43. The Kier molecular flexibility index (Phi) is 5.47. The molecule has 1 aromatic carbocycles. The molecule has 1 fully saturated rings. The lowest BCUT2D eigenvalue weighted by atomic mass is 10.2. The largest absolute Gasteiger partial charge is 0.490 e. The minimum absolute atomic E-state index is 0.00759. The van der Waals surface area contributed by atoms with Crippen LogP contribution in [0.2, 0.25) is 0 Å². The van der Waals surface area contributed by atoms with Gasteiger partial charge < -0.3 is 20.1 Å². The summed E-state index contributed by atoms with van der Waals surface area (Å²) in [7, 11) is 1.82. The molecule has 1 aliphatic rings. The van der Waals surface area contributed by atoms with Gasteiger partial charge in [0.2, 0.25) is 0 Å². The Labute approximate surface area is 133 Å². The van der Waals surface area contributed by atoms with E-state index in [1.54, 1.807) is 4.90 Å². The van der Waals surface area contributed by atoms with E-state index in [0.717, 1.165) is 22.9 Å². The Balaban J connectivity index is 2.08. The zero-order chi connectivity index (χ0) is 15.4. The van der Waals surface area contributed by atoms with Crippen molar-refractivity contribution in [3.63, 3.8) is 0 Å². The van der Waals surface area contributed by atoms with E-state index < -0.39 is 0 Å². The molecule has 0 heterocycles. The summed E-state index contributed by atoms with van der Waals surface area (Å²) >= 11 is 3.45. The molecule has 1 amide bonds. The van der Waals surface area contributed by atoms with Crippen LogP contribution in [0.5, 0.6) is 11.5 Å². The highest BCUT2D eigenvalue weighted by Gasteiger charge is 2.29. The number of carbonyl (C=O) groups is 1. The standard InChI is InChI=1S/C15H21BrN2O3/c1-3-20-13-7-10(8-17)6-12(16)15(13)21-9-14(19)18(2)11-4-5-11/h6-7,11H,3-5,8-9,17H2,1-2H3. The Morgan fingerprint density at radius 1 is 1.43 bits per heavy atom. The van der Waals surface area contributed by atoms with Gasteiger partial charge in [0, 0.05) is 19.6 Å². The van der Waals surface area contributed by atoms with Gasteiger partial charge in [0.25, 0.3) is 5.91 Å². The third kappa shape index (κ3) is 4.11. The molecule has 0 spiro atoms. The summed E-state index contributed by atoms with van der Waals surface area (Å²) in [6, 6.07) is 4.11. The van der Waals surface area contributed by atoms with Crippen LogP contribution in [-0.4, -0.2) is 37.1 Å². The molecule has 1 aliphatic carbocycles. The normalized spacial score (nSPS) is 13.9. The Morgan fingerprint density at radius 2 is 2.14 bits per heavy atom. The van der Waals surface area contributed by atoms with E-state index in [4.69, 9.17) is 15.2 Å². The van der Waals surface area contributed by atoms with Crippen LogP contribution >= 0.6 is 15.9 Å². The zero-order valence-corrected chi connectivity index (χ0v) is 14.0. The molecule has 0 aliphatic heterocycles. The number of nitrogens with two attached hydrogens (primary N) is 1. The van der Waals surface area contributed by atoms with Gasteiger partial charge in [0.15, 0.2) is 18.1 Å². The average Bonchev–Trinajstić information content (AvgIpc) is 3.29. The van der Waals surface area contributed by atoms with Gasteiger partial charge in [0.05, 0.1) is 11.1 Å². The second-order valence-corrected chi connectivity index (χ2v) is 5.92. The fraction of sp³-hybridized carbons (Fsp3) is 0.533. The molecule has 5 nitrogen and oxygen atoms in total. The number of likely N-dealkylation sites (N-methyl/N-ethyl adjacent to an activating group) is 1. The Hall–Kier alpha value is -1.27. The van der Waals surface area contributed by atoms with Gasteiger partial charge in [-0.05, 0) is 53.4 Å². The topological polar surface area (TPSA) is 64.8 Å². The molecule has 0 radical (unpaired) electrons. The van der Waals surface area contributed by atoms with E-state index >= 15 is 0 Å². The SMILES string of the molecule is CCOc1cc(CN)cc(Br)c1OCC(=O)N(C)C1CC1. The van der Waals surface area contributed by atoms with Gasteiger partial charge in [0.1, 0.15) is 0 Å². The van der Waals surface area contributed by atoms with Crippen molar-refractivity contribution < 1.29 is 14.3 Å². The minimum atomic E-state index is -0.0188. The average molecular weight is 357 g/mol. The molecule has 1 saturated carbocycles. The molecule has 0 atom stereocenters. The van der Waals surface area contributed by atoms with Crippen molar-refractivity contribution >= 4 is 21.8 Å². The summed E-state index contributed by atoms with van der Waals surface area (Å²) in [6.45, 7) is 2.85. The second-order valence-electron chi connectivity index (χ2n) is 5.07. The van der Waals surface area contributed by atoms with Crippen LogP contribution in [0.25, 0.3) is 0 Å². The van der Waals surface area contributed by atoms with Crippen LogP contribution in [0.3, 0.4) is 0 Å².